The summed E-state index contributed by atoms with van der Waals surface area (Å²) in [6.45, 7) is 7.89. The van der Waals surface area contributed by atoms with Crippen molar-refractivity contribution in [3.05, 3.63) is 81.6 Å². The van der Waals surface area contributed by atoms with Crippen LogP contribution in [0.4, 0.5) is 10.1 Å². The number of hydrogen-bond donors (Lipinski definition) is 1. The number of carbonyl (C=O) groups excluding carboxylic acids is 1. The maximum atomic E-state index is 13.8. The molecule has 260 valence electrons. The molecule has 6 rings (SSSR count). The second-order valence-corrected chi connectivity index (χ2v) is 14.6. The smallest absolute Gasteiger partial charge is 0.496 e. The first-order chi connectivity index (χ1) is 23.2. The van der Waals surface area contributed by atoms with Crippen molar-refractivity contribution in [2.45, 2.75) is 70.8 Å². The van der Waals surface area contributed by atoms with E-state index in [1.54, 1.807) is 12.1 Å². The van der Waals surface area contributed by atoms with E-state index < -0.39 is 35.4 Å². The van der Waals surface area contributed by atoms with Crippen LogP contribution in [0.3, 0.4) is 0 Å². The van der Waals surface area contributed by atoms with E-state index >= 15 is 0 Å². The molecule has 1 saturated carbocycles. The van der Waals surface area contributed by atoms with Crippen molar-refractivity contribution in [2.75, 3.05) is 25.3 Å². The van der Waals surface area contributed by atoms with Crippen LogP contribution in [0, 0.1) is 5.82 Å². The zero-order valence-corrected chi connectivity index (χ0v) is 29.8. The molecule has 1 atom stereocenters. The van der Waals surface area contributed by atoms with Gasteiger partial charge in [-0.3, -0.25) is 13.3 Å². The number of methoxy groups -OCH3 is 1. The van der Waals surface area contributed by atoms with Crippen LogP contribution in [0.1, 0.15) is 73.5 Å². The van der Waals surface area contributed by atoms with E-state index in [0.717, 1.165) is 18.4 Å². The maximum absolute atomic E-state index is 13.8. The number of fused-ring (bicyclic) bond motifs is 1. The molecule has 0 spiro atoms. The second kappa shape index (κ2) is 13.8. The fraction of sp³-hybridized carbons (Fsp3) is 0.400. The normalized spacial score (nSPS) is 17.4. The Labute approximate surface area is 292 Å². The van der Waals surface area contributed by atoms with Crippen LogP contribution in [0.25, 0.3) is 22.3 Å². The van der Waals surface area contributed by atoms with Gasteiger partial charge in [0.15, 0.2) is 0 Å². The van der Waals surface area contributed by atoms with Crippen LogP contribution in [0.5, 0.6) is 0 Å². The van der Waals surface area contributed by atoms with Crippen molar-refractivity contribution in [3.63, 3.8) is 0 Å². The Kier molecular flexibility index (Phi) is 10.00. The summed E-state index contributed by atoms with van der Waals surface area (Å²) in [5.74, 6) is -0.448. The molecule has 0 bridgehead atoms. The topological polar surface area (TPSA) is 123 Å². The number of carbonyl (C=O) groups is 1. The third kappa shape index (κ3) is 7.03. The lowest BCUT2D eigenvalue weighted by atomic mass is 9.75. The molecule has 1 N–H and O–H groups in total. The van der Waals surface area contributed by atoms with Gasteiger partial charge in [-0.05, 0) is 99.5 Å². The fourth-order valence-corrected chi connectivity index (χ4v) is 6.96. The van der Waals surface area contributed by atoms with E-state index in [1.165, 1.54) is 42.7 Å². The lowest BCUT2D eigenvalue weighted by Crippen LogP contribution is -2.41. The van der Waals surface area contributed by atoms with Crippen molar-refractivity contribution in [1.29, 1.82) is 0 Å². The third-order valence-corrected chi connectivity index (χ3v) is 10.4. The second-order valence-electron chi connectivity index (χ2n) is 13.3. The van der Waals surface area contributed by atoms with Crippen molar-refractivity contribution in [3.8, 4) is 11.3 Å². The molecule has 2 fully saturated rings. The molecule has 1 aliphatic carbocycles. The Bertz CT molecular complexity index is 1900. The number of nitrogens with zero attached hydrogens (tertiary/aromatic N) is 1. The summed E-state index contributed by atoms with van der Waals surface area (Å²) in [6, 6.07) is 12.7. The molecule has 1 saturated heterocycles. The molecule has 3 aromatic carbocycles. The first kappa shape index (κ1) is 35.5. The zero-order chi connectivity index (χ0) is 35.2. The SMILES string of the molecule is CNC(=O)c1c(-c2ccc(F)cc2)oc2cc(N(Cc3cc(Cl)c(B4OC(C)(C)C(C)(C)O4)c(COCOC)c3)S(=O)[O-])c(C3CC3)cc12. The Hall–Kier alpha value is -3.30. The molecule has 2 heterocycles. The number of hydrogen-bond acceptors (Lipinski definition) is 8. The van der Waals surface area contributed by atoms with Crippen molar-refractivity contribution in [1.82, 2.24) is 5.32 Å². The molecule has 14 heteroatoms. The van der Waals surface area contributed by atoms with Crippen LogP contribution < -0.4 is 15.1 Å². The highest BCUT2D eigenvalue weighted by Crippen LogP contribution is 2.48. The summed E-state index contributed by atoms with van der Waals surface area (Å²) in [6.07, 6.45) is 1.73. The molecule has 1 unspecified atom stereocenters. The van der Waals surface area contributed by atoms with Gasteiger partial charge < -0.3 is 33.1 Å². The number of halogens is 2. The number of furan rings is 1. The molecule has 2 aliphatic rings. The van der Waals surface area contributed by atoms with Crippen LogP contribution in [-0.2, 0) is 43.2 Å². The van der Waals surface area contributed by atoms with E-state index in [1.807, 2.05) is 39.8 Å². The number of amides is 1. The van der Waals surface area contributed by atoms with Crippen LogP contribution in [-0.4, -0.2) is 53.9 Å². The van der Waals surface area contributed by atoms with E-state index in [-0.39, 0.29) is 43.1 Å². The van der Waals surface area contributed by atoms with Crippen molar-refractivity contribution in [2.24, 2.45) is 0 Å². The Morgan fingerprint density at radius 2 is 1.80 bits per heavy atom. The lowest BCUT2D eigenvalue weighted by molar-refractivity contribution is -0.0389. The number of ether oxygens (including phenoxy) is 2. The number of anilines is 1. The Balaban J connectivity index is 1.43. The first-order valence-corrected chi connectivity index (χ1v) is 17.3. The van der Waals surface area contributed by atoms with Crippen LogP contribution in [0.15, 0.2) is 52.9 Å². The van der Waals surface area contributed by atoms with Gasteiger partial charge in [0, 0.05) is 52.9 Å². The molecule has 1 aromatic heterocycles. The summed E-state index contributed by atoms with van der Waals surface area (Å²) in [5, 5.41) is 3.54. The minimum Gasteiger partial charge on any atom is -0.755 e. The van der Waals surface area contributed by atoms with Gasteiger partial charge >= 0.3 is 7.12 Å². The minimum absolute atomic E-state index is 0.0349. The molecule has 0 radical (unpaired) electrons. The van der Waals surface area contributed by atoms with Gasteiger partial charge in [-0.15, -0.1) is 0 Å². The molecular weight excluding hydrogens is 674 g/mol. The highest BCUT2D eigenvalue weighted by Gasteiger charge is 2.53. The fourth-order valence-electron chi connectivity index (χ4n) is 6.03. The summed E-state index contributed by atoms with van der Waals surface area (Å²) < 4.78 is 70.7. The van der Waals surface area contributed by atoms with E-state index in [0.29, 0.717) is 43.8 Å². The van der Waals surface area contributed by atoms with Crippen molar-refractivity contribution >= 4 is 58.0 Å². The monoisotopic (exact) mass is 711 g/mol. The highest BCUT2D eigenvalue weighted by molar-refractivity contribution is 7.80. The molecule has 10 nitrogen and oxygen atoms in total. The van der Waals surface area contributed by atoms with Gasteiger partial charge in [-0.25, -0.2) is 4.39 Å². The first-order valence-electron chi connectivity index (χ1n) is 15.9. The lowest BCUT2D eigenvalue weighted by Gasteiger charge is -2.32. The Morgan fingerprint density at radius 1 is 1.12 bits per heavy atom. The zero-order valence-electron chi connectivity index (χ0n) is 28.2. The summed E-state index contributed by atoms with van der Waals surface area (Å²) in [4.78, 5) is 13.2. The standard InChI is InChI=1S/C35H39BClFN2O8S/c1-34(2)35(3,4)48-36(47-34)31-23(18-45-19-44-6)13-20(14-27(31)37)17-40(49(42)43)28-16-29-26(15-25(28)21-7-8-21)30(33(41)39-5)32(46-29)22-9-11-24(38)12-10-22/h9-16,21H,7-8,17-19H2,1-6H3,(H,39,41)(H,42,43)/p-1. The highest BCUT2D eigenvalue weighted by atomic mass is 35.5. The van der Waals surface area contributed by atoms with Gasteiger partial charge in [-0.2, -0.15) is 0 Å². The van der Waals surface area contributed by atoms with Gasteiger partial charge in [-0.1, -0.05) is 17.7 Å². The average molecular weight is 712 g/mol. The summed E-state index contributed by atoms with van der Waals surface area (Å²) in [7, 11) is 2.27. The molecule has 1 aliphatic heterocycles. The molecule has 1 amide bonds. The van der Waals surface area contributed by atoms with Crippen LogP contribution in [0.2, 0.25) is 5.02 Å². The van der Waals surface area contributed by atoms with E-state index in [9.17, 15) is 17.9 Å². The van der Waals surface area contributed by atoms with Crippen LogP contribution >= 0.6 is 11.6 Å². The van der Waals surface area contributed by atoms with E-state index in [4.69, 9.17) is 34.8 Å². The number of benzene rings is 3. The van der Waals surface area contributed by atoms with Crippen molar-refractivity contribution < 1.29 is 41.1 Å². The molecule has 4 aromatic rings. The van der Waals surface area contributed by atoms with Gasteiger partial charge in [0.05, 0.1) is 35.6 Å². The van der Waals surface area contributed by atoms with Gasteiger partial charge in [0.1, 0.15) is 24.0 Å². The number of nitrogens with one attached hydrogen (secondary N) is 1. The largest absolute Gasteiger partial charge is 0.755 e. The van der Waals surface area contributed by atoms with Gasteiger partial charge in [0.25, 0.3) is 5.91 Å². The molecule has 49 heavy (non-hydrogen) atoms. The number of rotatable bonds is 12. The van der Waals surface area contributed by atoms with Gasteiger partial charge in [0.2, 0.25) is 0 Å². The predicted molar refractivity (Wildman–Crippen MR) is 186 cm³/mol. The summed E-state index contributed by atoms with van der Waals surface area (Å²) >= 11 is 4.21. The third-order valence-electron chi connectivity index (χ3n) is 9.41. The predicted octanol–water partition coefficient (Wildman–Crippen LogP) is 6.35. The van der Waals surface area contributed by atoms with E-state index in [2.05, 4.69) is 5.32 Å². The average Bonchev–Trinajstić information content (AvgIpc) is 3.78. The quantitative estimate of drug-likeness (QED) is 0.0781. The minimum atomic E-state index is -2.72. The molecular formula is C35H38BClFN2O8S-. The summed E-state index contributed by atoms with van der Waals surface area (Å²) in [5.41, 5.74) is 2.95. The Morgan fingerprint density at radius 3 is 2.39 bits per heavy atom. The maximum Gasteiger partial charge on any atom is 0.496 e.